The summed E-state index contributed by atoms with van der Waals surface area (Å²) in [5.74, 6) is -0.239. The molecular formula is C13H15ClN4O. The van der Waals surface area contributed by atoms with Gasteiger partial charge in [-0.2, -0.15) is 5.10 Å². The van der Waals surface area contributed by atoms with Crippen LogP contribution in [0.2, 0.25) is 5.15 Å². The van der Waals surface area contributed by atoms with Crippen LogP contribution < -0.4 is 5.32 Å². The molecule has 0 spiro atoms. The number of nitrogens with zero attached hydrogens (tertiary/aromatic N) is 3. The molecule has 19 heavy (non-hydrogen) atoms. The highest BCUT2D eigenvalue weighted by atomic mass is 35.5. The molecule has 0 bridgehead atoms. The minimum atomic E-state index is -0.239. The van der Waals surface area contributed by atoms with E-state index >= 15 is 0 Å². The molecule has 100 valence electrons. The Morgan fingerprint density at radius 3 is 2.84 bits per heavy atom. The normalized spacial score (nSPS) is 10.5. The van der Waals surface area contributed by atoms with Crippen molar-refractivity contribution in [1.29, 1.82) is 0 Å². The predicted octanol–water partition coefficient (Wildman–Crippen LogP) is 2.82. The molecule has 2 aromatic heterocycles. The molecular weight excluding hydrogens is 264 g/mol. The van der Waals surface area contributed by atoms with E-state index in [1.807, 2.05) is 20.8 Å². The zero-order valence-corrected chi connectivity index (χ0v) is 11.8. The van der Waals surface area contributed by atoms with Gasteiger partial charge in [0.2, 0.25) is 0 Å². The molecule has 1 N–H and O–H groups in total. The molecule has 0 aliphatic heterocycles. The molecule has 0 unspecified atom stereocenters. The number of hydrogen-bond donors (Lipinski definition) is 1. The van der Waals surface area contributed by atoms with Crippen molar-refractivity contribution in [3.63, 3.8) is 0 Å². The van der Waals surface area contributed by atoms with Crippen molar-refractivity contribution >= 4 is 23.2 Å². The lowest BCUT2D eigenvalue weighted by atomic mass is 10.3. The van der Waals surface area contributed by atoms with Gasteiger partial charge in [-0.15, -0.1) is 0 Å². The zero-order valence-electron chi connectivity index (χ0n) is 11.1. The molecule has 0 radical (unpaired) electrons. The first-order chi connectivity index (χ1) is 9.01. The minimum Gasteiger partial charge on any atom is -0.318 e. The van der Waals surface area contributed by atoms with Crippen LogP contribution in [-0.4, -0.2) is 20.7 Å². The Kier molecular flexibility index (Phi) is 3.85. The number of aryl methyl sites for hydroxylation is 3. The molecule has 2 aromatic rings. The molecule has 6 heteroatoms. The van der Waals surface area contributed by atoms with Gasteiger partial charge in [0.25, 0.3) is 5.91 Å². The number of aromatic nitrogens is 3. The highest BCUT2D eigenvalue weighted by Crippen LogP contribution is 2.20. The fourth-order valence-electron chi connectivity index (χ4n) is 1.80. The topological polar surface area (TPSA) is 59.8 Å². The van der Waals surface area contributed by atoms with E-state index in [2.05, 4.69) is 15.4 Å². The number of pyridine rings is 1. The van der Waals surface area contributed by atoms with Crippen LogP contribution in [-0.2, 0) is 6.54 Å². The molecule has 0 saturated carbocycles. The van der Waals surface area contributed by atoms with E-state index in [4.69, 9.17) is 11.6 Å². The minimum absolute atomic E-state index is 0.239. The highest BCUT2D eigenvalue weighted by molar-refractivity contribution is 6.32. The van der Waals surface area contributed by atoms with E-state index in [9.17, 15) is 4.79 Å². The molecule has 0 fully saturated rings. The second-order valence-corrected chi connectivity index (χ2v) is 4.65. The van der Waals surface area contributed by atoms with Crippen LogP contribution in [0, 0.1) is 13.8 Å². The van der Waals surface area contributed by atoms with Crippen molar-refractivity contribution in [1.82, 2.24) is 14.8 Å². The number of anilines is 1. The van der Waals surface area contributed by atoms with Crippen LogP contribution in [0.3, 0.4) is 0 Å². The number of carbonyl (C=O) groups is 1. The van der Waals surface area contributed by atoms with Crippen molar-refractivity contribution in [2.75, 3.05) is 5.32 Å². The van der Waals surface area contributed by atoms with Crippen molar-refractivity contribution in [3.05, 3.63) is 40.4 Å². The van der Waals surface area contributed by atoms with E-state index in [1.54, 1.807) is 23.0 Å². The Bertz CT molecular complexity index is 621. The van der Waals surface area contributed by atoms with Crippen LogP contribution in [0.15, 0.2) is 18.3 Å². The maximum absolute atomic E-state index is 12.2. The first-order valence-electron chi connectivity index (χ1n) is 5.99. The van der Waals surface area contributed by atoms with E-state index in [1.165, 1.54) is 0 Å². The molecule has 1 amide bonds. The SMILES string of the molecule is CCn1nc(C)cc1C(=O)Nc1cc(C)cnc1Cl. The number of amides is 1. The van der Waals surface area contributed by atoms with Crippen molar-refractivity contribution < 1.29 is 4.79 Å². The van der Waals surface area contributed by atoms with Gasteiger partial charge >= 0.3 is 0 Å². The Morgan fingerprint density at radius 1 is 1.42 bits per heavy atom. The summed E-state index contributed by atoms with van der Waals surface area (Å²) in [6.07, 6.45) is 1.65. The molecule has 5 nitrogen and oxygen atoms in total. The lowest BCUT2D eigenvalue weighted by molar-refractivity contribution is 0.101. The summed E-state index contributed by atoms with van der Waals surface area (Å²) in [6.45, 7) is 6.31. The van der Waals surface area contributed by atoms with Gasteiger partial charge in [0, 0.05) is 12.7 Å². The summed E-state index contributed by atoms with van der Waals surface area (Å²) in [4.78, 5) is 16.2. The van der Waals surface area contributed by atoms with E-state index in [0.29, 0.717) is 17.9 Å². The van der Waals surface area contributed by atoms with Crippen molar-refractivity contribution in [3.8, 4) is 0 Å². The fraction of sp³-hybridized carbons (Fsp3) is 0.308. The van der Waals surface area contributed by atoms with E-state index in [0.717, 1.165) is 11.3 Å². The summed E-state index contributed by atoms with van der Waals surface area (Å²) >= 11 is 5.96. The molecule has 0 aliphatic carbocycles. The van der Waals surface area contributed by atoms with Crippen LogP contribution in [0.4, 0.5) is 5.69 Å². The van der Waals surface area contributed by atoms with Gasteiger partial charge in [-0.3, -0.25) is 9.48 Å². The van der Waals surface area contributed by atoms with Crippen LogP contribution >= 0.6 is 11.6 Å². The largest absolute Gasteiger partial charge is 0.318 e. The number of nitrogens with one attached hydrogen (secondary N) is 1. The van der Waals surface area contributed by atoms with Crippen molar-refractivity contribution in [2.45, 2.75) is 27.3 Å². The Morgan fingerprint density at radius 2 is 2.16 bits per heavy atom. The van der Waals surface area contributed by atoms with Gasteiger partial charge in [0.05, 0.1) is 11.4 Å². The lowest BCUT2D eigenvalue weighted by Gasteiger charge is -2.08. The number of carbonyl (C=O) groups excluding carboxylic acids is 1. The Labute approximate surface area is 116 Å². The van der Waals surface area contributed by atoms with Crippen LogP contribution in [0.25, 0.3) is 0 Å². The molecule has 2 heterocycles. The van der Waals surface area contributed by atoms with Gasteiger partial charge in [0.15, 0.2) is 5.15 Å². The summed E-state index contributed by atoms with van der Waals surface area (Å²) in [7, 11) is 0. The highest BCUT2D eigenvalue weighted by Gasteiger charge is 2.14. The average molecular weight is 279 g/mol. The summed E-state index contributed by atoms with van der Waals surface area (Å²) in [5.41, 5.74) is 2.76. The first kappa shape index (κ1) is 13.5. The Balaban J connectivity index is 2.27. The number of rotatable bonds is 3. The van der Waals surface area contributed by atoms with Gasteiger partial charge in [-0.25, -0.2) is 4.98 Å². The molecule has 0 atom stereocenters. The molecule has 2 rings (SSSR count). The summed E-state index contributed by atoms with van der Waals surface area (Å²) in [5, 5.41) is 7.28. The van der Waals surface area contributed by atoms with Crippen molar-refractivity contribution in [2.24, 2.45) is 0 Å². The predicted molar refractivity (Wildman–Crippen MR) is 74.6 cm³/mol. The monoisotopic (exact) mass is 278 g/mol. The second-order valence-electron chi connectivity index (χ2n) is 4.29. The van der Waals surface area contributed by atoms with Gasteiger partial charge < -0.3 is 5.32 Å². The number of halogens is 1. The van der Waals surface area contributed by atoms with Gasteiger partial charge in [0.1, 0.15) is 5.69 Å². The summed E-state index contributed by atoms with van der Waals surface area (Å²) < 4.78 is 1.65. The molecule has 0 saturated heterocycles. The average Bonchev–Trinajstić information content (AvgIpc) is 2.75. The maximum Gasteiger partial charge on any atom is 0.274 e. The Hall–Kier alpha value is -1.88. The van der Waals surface area contributed by atoms with Crippen LogP contribution in [0.1, 0.15) is 28.7 Å². The maximum atomic E-state index is 12.2. The first-order valence-corrected chi connectivity index (χ1v) is 6.37. The third-order valence-corrected chi connectivity index (χ3v) is 2.96. The fourth-order valence-corrected chi connectivity index (χ4v) is 1.95. The standard InChI is InChI=1S/C13H15ClN4O/c1-4-18-11(6-9(3)17-18)13(19)16-10-5-8(2)7-15-12(10)14/h5-7H,4H2,1-3H3,(H,16,19). The lowest BCUT2D eigenvalue weighted by Crippen LogP contribution is -2.17. The van der Waals surface area contributed by atoms with Gasteiger partial charge in [-0.1, -0.05) is 11.6 Å². The molecule has 0 aliphatic rings. The van der Waals surface area contributed by atoms with Crippen LogP contribution in [0.5, 0.6) is 0 Å². The van der Waals surface area contributed by atoms with Gasteiger partial charge in [-0.05, 0) is 38.5 Å². The smallest absolute Gasteiger partial charge is 0.274 e. The quantitative estimate of drug-likeness (QED) is 0.878. The number of hydrogen-bond acceptors (Lipinski definition) is 3. The van der Waals surface area contributed by atoms with E-state index in [-0.39, 0.29) is 11.1 Å². The van der Waals surface area contributed by atoms with E-state index < -0.39 is 0 Å². The molecule has 0 aromatic carbocycles. The summed E-state index contributed by atoms with van der Waals surface area (Å²) in [6, 6.07) is 3.53. The third-order valence-electron chi connectivity index (χ3n) is 2.66. The third kappa shape index (κ3) is 2.93. The zero-order chi connectivity index (χ0) is 14.0. The second kappa shape index (κ2) is 5.40.